The van der Waals surface area contributed by atoms with Crippen LogP contribution in [0.3, 0.4) is 0 Å². The highest BCUT2D eigenvalue weighted by Gasteiger charge is 2.44. The SMILES string of the molecule is CCC(=O)[P@]1(=O)O[C@@H](C)CCN1C(C)C. The van der Waals surface area contributed by atoms with E-state index >= 15 is 0 Å². The van der Waals surface area contributed by atoms with Gasteiger partial charge in [-0.25, -0.2) is 4.67 Å². The van der Waals surface area contributed by atoms with Crippen molar-refractivity contribution in [3.05, 3.63) is 0 Å². The summed E-state index contributed by atoms with van der Waals surface area (Å²) in [5.74, 6) is 0. The molecule has 0 aliphatic carbocycles. The normalized spacial score (nSPS) is 33.3. The topological polar surface area (TPSA) is 46.6 Å². The lowest BCUT2D eigenvalue weighted by atomic mass is 10.2. The summed E-state index contributed by atoms with van der Waals surface area (Å²) >= 11 is 0. The Hall–Kier alpha value is -0.180. The van der Waals surface area contributed by atoms with Crippen LogP contribution in [0.2, 0.25) is 0 Å². The van der Waals surface area contributed by atoms with E-state index in [-0.39, 0.29) is 24.1 Å². The molecule has 88 valence electrons. The van der Waals surface area contributed by atoms with E-state index in [0.29, 0.717) is 6.54 Å². The molecule has 4 nitrogen and oxygen atoms in total. The van der Waals surface area contributed by atoms with Gasteiger partial charge in [-0.05, 0) is 27.2 Å². The van der Waals surface area contributed by atoms with Crippen molar-refractivity contribution < 1.29 is 13.9 Å². The Labute approximate surface area is 91.5 Å². The first-order chi connectivity index (χ1) is 6.91. The van der Waals surface area contributed by atoms with Gasteiger partial charge in [-0.15, -0.1) is 0 Å². The van der Waals surface area contributed by atoms with Crippen LogP contribution in [0.25, 0.3) is 0 Å². The van der Waals surface area contributed by atoms with Gasteiger partial charge in [-0.3, -0.25) is 9.36 Å². The Morgan fingerprint density at radius 3 is 2.67 bits per heavy atom. The number of hydrogen-bond acceptors (Lipinski definition) is 3. The van der Waals surface area contributed by atoms with E-state index in [4.69, 9.17) is 4.52 Å². The van der Waals surface area contributed by atoms with Gasteiger partial charge in [0.2, 0.25) is 5.52 Å². The molecular weight excluding hydrogens is 213 g/mol. The first-order valence-electron chi connectivity index (χ1n) is 5.50. The lowest BCUT2D eigenvalue weighted by Gasteiger charge is -2.39. The van der Waals surface area contributed by atoms with E-state index in [1.54, 1.807) is 11.6 Å². The van der Waals surface area contributed by atoms with Crippen LogP contribution in [0.4, 0.5) is 0 Å². The van der Waals surface area contributed by atoms with Crippen molar-refractivity contribution in [2.45, 2.75) is 52.7 Å². The van der Waals surface area contributed by atoms with E-state index in [1.165, 1.54) is 0 Å². The van der Waals surface area contributed by atoms with E-state index in [9.17, 15) is 9.36 Å². The van der Waals surface area contributed by atoms with Crippen LogP contribution in [0.1, 0.15) is 40.5 Å². The molecule has 0 aromatic heterocycles. The van der Waals surface area contributed by atoms with Gasteiger partial charge < -0.3 is 4.52 Å². The summed E-state index contributed by atoms with van der Waals surface area (Å²) < 4.78 is 19.7. The molecule has 0 aromatic rings. The van der Waals surface area contributed by atoms with Crippen LogP contribution >= 0.6 is 7.52 Å². The third-order valence-corrected chi connectivity index (χ3v) is 5.57. The fraction of sp³-hybridized carbons (Fsp3) is 0.900. The standard InChI is InChI=1S/C10H20NO3P/c1-5-10(12)15(13)11(8(2)3)7-6-9(4)14-15/h8-9H,5-7H2,1-4H3/t9-,15-/m0/s1. The van der Waals surface area contributed by atoms with Crippen LogP contribution in [0, 0.1) is 0 Å². The van der Waals surface area contributed by atoms with Crippen LogP contribution < -0.4 is 0 Å². The summed E-state index contributed by atoms with van der Waals surface area (Å²) in [5, 5.41) is 0. The lowest BCUT2D eigenvalue weighted by Crippen LogP contribution is -2.39. The fourth-order valence-corrected chi connectivity index (χ4v) is 4.27. The van der Waals surface area contributed by atoms with Gasteiger partial charge in [-0.2, -0.15) is 0 Å². The molecule has 0 N–H and O–H groups in total. The maximum Gasteiger partial charge on any atom is 0.337 e. The van der Waals surface area contributed by atoms with Crippen LogP contribution in [-0.4, -0.2) is 28.9 Å². The Morgan fingerprint density at radius 2 is 2.20 bits per heavy atom. The van der Waals surface area contributed by atoms with Crippen LogP contribution in [0.15, 0.2) is 0 Å². The van der Waals surface area contributed by atoms with Crippen LogP contribution in [-0.2, 0) is 13.9 Å². The zero-order chi connectivity index (χ0) is 11.6. The molecule has 1 saturated heterocycles. The van der Waals surface area contributed by atoms with Gasteiger partial charge >= 0.3 is 7.52 Å². The average Bonchev–Trinajstić information content (AvgIpc) is 2.15. The van der Waals surface area contributed by atoms with Gasteiger partial charge in [0, 0.05) is 19.0 Å². The van der Waals surface area contributed by atoms with Crippen molar-refractivity contribution >= 4 is 13.0 Å². The van der Waals surface area contributed by atoms with Crippen LogP contribution in [0.5, 0.6) is 0 Å². The second kappa shape index (κ2) is 4.77. The molecule has 1 heterocycles. The van der Waals surface area contributed by atoms with Crippen molar-refractivity contribution in [2.75, 3.05) is 6.54 Å². The Bertz CT molecular complexity index is 290. The average molecular weight is 233 g/mol. The summed E-state index contributed by atoms with van der Waals surface area (Å²) in [6, 6.07) is 0.0823. The van der Waals surface area contributed by atoms with Crippen molar-refractivity contribution in [2.24, 2.45) is 0 Å². The highest BCUT2D eigenvalue weighted by atomic mass is 31.2. The molecule has 0 amide bonds. The largest absolute Gasteiger partial charge is 0.337 e. The van der Waals surface area contributed by atoms with Gasteiger partial charge in [0.25, 0.3) is 0 Å². The fourth-order valence-electron chi connectivity index (χ4n) is 1.77. The zero-order valence-corrected chi connectivity index (χ0v) is 10.8. The molecule has 1 aliphatic rings. The lowest BCUT2D eigenvalue weighted by molar-refractivity contribution is -0.113. The second-order valence-corrected chi connectivity index (χ2v) is 6.49. The highest BCUT2D eigenvalue weighted by Crippen LogP contribution is 2.57. The van der Waals surface area contributed by atoms with E-state index in [0.717, 1.165) is 6.42 Å². The quantitative estimate of drug-likeness (QED) is 0.703. The molecule has 2 atom stereocenters. The molecule has 0 spiro atoms. The third kappa shape index (κ3) is 2.49. The van der Waals surface area contributed by atoms with Crippen molar-refractivity contribution in [1.82, 2.24) is 4.67 Å². The van der Waals surface area contributed by atoms with E-state index < -0.39 is 7.52 Å². The van der Waals surface area contributed by atoms with Gasteiger partial charge in [-0.1, -0.05) is 6.92 Å². The predicted octanol–water partition coefficient (Wildman–Crippen LogP) is 2.64. The number of carbonyl (C=O) groups excluding carboxylic acids is 1. The predicted molar refractivity (Wildman–Crippen MR) is 59.9 cm³/mol. The zero-order valence-electron chi connectivity index (χ0n) is 9.90. The van der Waals surface area contributed by atoms with E-state index in [1.807, 2.05) is 20.8 Å². The van der Waals surface area contributed by atoms with Crippen molar-refractivity contribution in [3.8, 4) is 0 Å². The molecule has 5 heteroatoms. The second-order valence-electron chi connectivity index (χ2n) is 4.23. The first kappa shape index (κ1) is 12.9. The molecule has 0 bridgehead atoms. The van der Waals surface area contributed by atoms with Gasteiger partial charge in [0.1, 0.15) is 0 Å². The van der Waals surface area contributed by atoms with Gasteiger partial charge in [0.05, 0.1) is 6.10 Å². The Morgan fingerprint density at radius 1 is 1.60 bits per heavy atom. The number of carbonyl (C=O) groups is 1. The maximum absolute atomic E-state index is 12.5. The molecule has 0 saturated carbocycles. The summed E-state index contributed by atoms with van der Waals surface area (Å²) in [6.07, 6.45) is 1.02. The monoisotopic (exact) mass is 233 g/mol. The van der Waals surface area contributed by atoms with E-state index in [2.05, 4.69) is 0 Å². The molecule has 1 fully saturated rings. The summed E-state index contributed by atoms with van der Waals surface area (Å²) in [5.41, 5.74) is -0.261. The maximum atomic E-state index is 12.5. The smallest absolute Gasteiger partial charge is 0.309 e. The number of nitrogens with zero attached hydrogens (tertiary/aromatic N) is 1. The number of hydrogen-bond donors (Lipinski definition) is 0. The molecule has 0 unspecified atom stereocenters. The first-order valence-corrected chi connectivity index (χ1v) is 7.08. The molecule has 1 aliphatic heterocycles. The minimum atomic E-state index is -3.23. The summed E-state index contributed by atoms with van der Waals surface area (Å²) in [7, 11) is -3.23. The number of rotatable bonds is 3. The Balaban J connectivity index is 2.97. The third-order valence-electron chi connectivity index (χ3n) is 2.64. The molecular formula is C10H20NO3P. The van der Waals surface area contributed by atoms with Gasteiger partial charge in [0.15, 0.2) is 0 Å². The summed E-state index contributed by atoms with van der Waals surface area (Å²) in [4.78, 5) is 11.7. The Kier molecular flexibility index (Phi) is 4.10. The van der Waals surface area contributed by atoms with Crippen molar-refractivity contribution in [1.29, 1.82) is 0 Å². The minimum Gasteiger partial charge on any atom is -0.309 e. The molecule has 0 aromatic carbocycles. The molecule has 15 heavy (non-hydrogen) atoms. The van der Waals surface area contributed by atoms with Crippen molar-refractivity contribution in [3.63, 3.8) is 0 Å². The molecule has 0 radical (unpaired) electrons. The molecule has 1 rings (SSSR count). The minimum absolute atomic E-state index is 0.0821. The summed E-state index contributed by atoms with van der Waals surface area (Å²) in [6.45, 7) is 8.15. The highest BCUT2D eigenvalue weighted by molar-refractivity contribution is 7.74.